The molecule has 0 aliphatic carbocycles. The molecule has 34 heavy (non-hydrogen) atoms. The van der Waals surface area contributed by atoms with Crippen molar-refractivity contribution in [3.8, 4) is 22.1 Å². The number of benzene rings is 2. The number of para-hydroxylation sites is 1. The third-order valence-corrected chi connectivity index (χ3v) is 5.93. The molecule has 0 radical (unpaired) electrons. The van der Waals surface area contributed by atoms with Crippen LogP contribution in [-0.4, -0.2) is 31.1 Å². The molecule has 0 fully saturated rings. The first-order valence-electron chi connectivity index (χ1n) is 10.3. The monoisotopic (exact) mass is 478 g/mol. The zero-order chi connectivity index (χ0) is 24.1. The minimum absolute atomic E-state index is 0.00355. The van der Waals surface area contributed by atoms with Gasteiger partial charge in [-0.05, 0) is 48.9 Å². The number of nitrogens with one attached hydrogen (secondary N) is 1. The number of rotatable bonds is 8. The molecule has 174 valence electrons. The lowest BCUT2D eigenvalue weighted by Gasteiger charge is -2.10. The van der Waals surface area contributed by atoms with Crippen LogP contribution in [0.4, 0.5) is 5.69 Å². The second-order valence-corrected chi connectivity index (χ2v) is 8.08. The molecule has 0 aliphatic rings. The van der Waals surface area contributed by atoms with E-state index in [4.69, 9.17) is 18.6 Å². The van der Waals surface area contributed by atoms with Crippen molar-refractivity contribution in [1.82, 2.24) is 4.98 Å². The Balaban J connectivity index is 1.44. The number of amides is 1. The van der Waals surface area contributed by atoms with Gasteiger partial charge < -0.3 is 23.9 Å². The van der Waals surface area contributed by atoms with Crippen LogP contribution >= 0.6 is 11.3 Å². The highest BCUT2D eigenvalue weighted by molar-refractivity contribution is 7.13. The molecule has 0 aliphatic heterocycles. The van der Waals surface area contributed by atoms with E-state index in [2.05, 4.69) is 10.3 Å². The molecular weight excluding hydrogens is 456 g/mol. The van der Waals surface area contributed by atoms with Crippen LogP contribution in [0.25, 0.3) is 10.6 Å². The first-order chi connectivity index (χ1) is 16.5. The molecule has 8 nitrogen and oxygen atoms in total. The Hall–Kier alpha value is -4.11. The van der Waals surface area contributed by atoms with Gasteiger partial charge in [0, 0.05) is 11.1 Å². The standard InChI is InChI=1S/C25H22N2O6S/c1-15-9-10-16(12-19(15)27-23(28)21-8-5-11-32-21)25(29)33-13-17-14-34-24(26-17)18-6-4-7-20(30-2)22(18)31-3/h4-12,14H,13H2,1-3H3,(H,27,28). The Bertz CT molecular complexity index is 1310. The maximum absolute atomic E-state index is 12.6. The number of methoxy groups -OCH3 is 2. The van der Waals surface area contributed by atoms with Gasteiger partial charge in [0.2, 0.25) is 0 Å². The molecule has 1 N–H and O–H groups in total. The lowest BCUT2D eigenvalue weighted by Crippen LogP contribution is -2.13. The molecule has 0 bridgehead atoms. The van der Waals surface area contributed by atoms with E-state index in [0.29, 0.717) is 28.4 Å². The number of hydrogen-bond acceptors (Lipinski definition) is 8. The third kappa shape index (κ3) is 4.94. The maximum atomic E-state index is 12.6. The van der Waals surface area contributed by atoms with Gasteiger partial charge in [0.1, 0.15) is 11.6 Å². The molecule has 1 amide bonds. The van der Waals surface area contributed by atoms with Crippen LogP contribution in [0, 0.1) is 6.92 Å². The van der Waals surface area contributed by atoms with Gasteiger partial charge in [-0.3, -0.25) is 4.79 Å². The van der Waals surface area contributed by atoms with E-state index < -0.39 is 11.9 Å². The van der Waals surface area contributed by atoms with Crippen molar-refractivity contribution in [3.05, 3.63) is 82.8 Å². The molecule has 4 aromatic rings. The van der Waals surface area contributed by atoms with E-state index in [1.165, 1.54) is 17.6 Å². The average Bonchev–Trinajstić information content (AvgIpc) is 3.56. The molecule has 0 spiro atoms. The fourth-order valence-corrected chi connectivity index (χ4v) is 4.08. The maximum Gasteiger partial charge on any atom is 0.338 e. The molecule has 0 atom stereocenters. The first kappa shape index (κ1) is 23.1. The van der Waals surface area contributed by atoms with Crippen molar-refractivity contribution in [2.75, 3.05) is 19.5 Å². The number of thiazole rings is 1. The molecule has 2 heterocycles. The Kier molecular flexibility index (Phi) is 6.93. The second-order valence-electron chi connectivity index (χ2n) is 7.22. The average molecular weight is 479 g/mol. The molecular formula is C25H22N2O6S. The number of carbonyl (C=O) groups is 2. The summed E-state index contributed by atoms with van der Waals surface area (Å²) in [6.45, 7) is 1.83. The van der Waals surface area contributed by atoms with Gasteiger partial charge in [0.05, 0.1) is 37.3 Å². The van der Waals surface area contributed by atoms with Crippen molar-refractivity contribution < 1.29 is 28.2 Å². The number of carbonyl (C=O) groups excluding carboxylic acids is 2. The van der Waals surface area contributed by atoms with Gasteiger partial charge in [-0.2, -0.15) is 0 Å². The lowest BCUT2D eigenvalue weighted by atomic mass is 10.1. The zero-order valence-electron chi connectivity index (χ0n) is 18.8. The van der Waals surface area contributed by atoms with E-state index in [1.54, 1.807) is 44.6 Å². The highest BCUT2D eigenvalue weighted by Crippen LogP contribution is 2.39. The van der Waals surface area contributed by atoms with Crippen LogP contribution < -0.4 is 14.8 Å². The van der Waals surface area contributed by atoms with Crippen molar-refractivity contribution >= 4 is 28.9 Å². The van der Waals surface area contributed by atoms with Crippen LogP contribution in [0.2, 0.25) is 0 Å². The number of anilines is 1. The summed E-state index contributed by atoms with van der Waals surface area (Å²) in [5, 5.41) is 5.30. The molecule has 2 aromatic heterocycles. The minimum Gasteiger partial charge on any atom is -0.493 e. The fourth-order valence-electron chi connectivity index (χ4n) is 3.25. The largest absolute Gasteiger partial charge is 0.493 e. The third-order valence-electron chi connectivity index (χ3n) is 5.00. The summed E-state index contributed by atoms with van der Waals surface area (Å²) in [4.78, 5) is 29.5. The summed E-state index contributed by atoms with van der Waals surface area (Å²) in [7, 11) is 3.15. The molecule has 0 saturated heterocycles. The highest BCUT2D eigenvalue weighted by atomic mass is 32.1. The second kappa shape index (κ2) is 10.2. The Labute approximate surface area is 200 Å². The van der Waals surface area contributed by atoms with Crippen LogP contribution in [-0.2, 0) is 11.3 Å². The fraction of sp³-hybridized carbons (Fsp3) is 0.160. The van der Waals surface area contributed by atoms with Crippen LogP contribution in [0.15, 0.2) is 64.6 Å². The predicted octanol–water partition coefficient (Wildman–Crippen LogP) is 5.34. The van der Waals surface area contributed by atoms with Crippen LogP contribution in [0.1, 0.15) is 32.2 Å². The Morgan fingerprint density at radius 1 is 1.09 bits per heavy atom. The smallest absolute Gasteiger partial charge is 0.338 e. The van der Waals surface area contributed by atoms with E-state index in [0.717, 1.165) is 16.1 Å². The number of aromatic nitrogens is 1. The van der Waals surface area contributed by atoms with E-state index in [-0.39, 0.29) is 12.4 Å². The van der Waals surface area contributed by atoms with E-state index in [9.17, 15) is 9.59 Å². The first-order valence-corrected chi connectivity index (χ1v) is 11.2. The summed E-state index contributed by atoms with van der Waals surface area (Å²) < 4.78 is 21.4. The Morgan fingerprint density at radius 3 is 2.68 bits per heavy atom. The Morgan fingerprint density at radius 2 is 1.94 bits per heavy atom. The predicted molar refractivity (Wildman–Crippen MR) is 128 cm³/mol. The SMILES string of the molecule is COc1cccc(-c2nc(COC(=O)c3ccc(C)c(NC(=O)c4ccco4)c3)cs2)c1OC. The number of ether oxygens (including phenoxy) is 3. The highest BCUT2D eigenvalue weighted by Gasteiger charge is 2.17. The van der Waals surface area contributed by atoms with Crippen molar-refractivity contribution in [2.45, 2.75) is 13.5 Å². The summed E-state index contributed by atoms with van der Waals surface area (Å²) >= 11 is 1.41. The van der Waals surface area contributed by atoms with Gasteiger partial charge in [0.25, 0.3) is 5.91 Å². The molecule has 0 unspecified atom stereocenters. The van der Waals surface area contributed by atoms with Gasteiger partial charge in [-0.1, -0.05) is 12.1 Å². The number of furan rings is 1. The quantitative estimate of drug-likeness (QED) is 0.341. The van der Waals surface area contributed by atoms with Crippen molar-refractivity contribution in [1.29, 1.82) is 0 Å². The summed E-state index contributed by atoms with van der Waals surface area (Å²) in [5.74, 6) is 0.451. The van der Waals surface area contributed by atoms with Gasteiger partial charge in [-0.25, -0.2) is 9.78 Å². The van der Waals surface area contributed by atoms with Gasteiger partial charge in [0.15, 0.2) is 17.3 Å². The van der Waals surface area contributed by atoms with Gasteiger partial charge >= 0.3 is 5.97 Å². The number of esters is 1. The number of nitrogens with zero attached hydrogens (tertiary/aromatic N) is 1. The topological polar surface area (TPSA) is 99.9 Å². The number of aryl methyl sites for hydroxylation is 1. The minimum atomic E-state index is -0.526. The summed E-state index contributed by atoms with van der Waals surface area (Å²) in [6.07, 6.45) is 1.42. The summed E-state index contributed by atoms with van der Waals surface area (Å²) in [6, 6.07) is 13.7. The van der Waals surface area contributed by atoms with Gasteiger partial charge in [-0.15, -0.1) is 11.3 Å². The molecule has 9 heteroatoms. The normalized spacial score (nSPS) is 10.6. The molecule has 4 rings (SSSR count). The van der Waals surface area contributed by atoms with Crippen LogP contribution in [0.3, 0.4) is 0 Å². The number of hydrogen-bond donors (Lipinski definition) is 1. The van der Waals surface area contributed by atoms with Crippen LogP contribution in [0.5, 0.6) is 11.5 Å². The lowest BCUT2D eigenvalue weighted by molar-refractivity contribution is 0.0468. The zero-order valence-corrected chi connectivity index (χ0v) is 19.6. The van der Waals surface area contributed by atoms with Crippen molar-refractivity contribution in [3.63, 3.8) is 0 Å². The van der Waals surface area contributed by atoms with E-state index >= 15 is 0 Å². The van der Waals surface area contributed by atoms with E-state index in [1.807, 2.05) is 30.5 Å². The summed E-state index contributed by atoms with van der Waals surface area (Å²) in [5.41, 5.74) is 3.01. The molecule has 0 saturated carbocycles. The van der Waals surface area contributed by atoms with Crippen molar-refractivity contribution in [2.24, 2.45) is 0 Å². The molecule has 2 aromatic carbocycles.